The lowest BCUT2D eigenvalue weighted by molar-refractivity contribution is 0.100. The van der Waals surface area contributed by atoms with Gasteiger partial charge in [0.15, 0.2) is 0 Å². The summed E-state index contributed by atoms with van der Waals surface area (Å²) < 4.78 is 27.4. The molecule has 0 aliphatic carbocycles. The fourth-order valence-corrected chi connectivity index (χ4v) is 3.53. The van der Waals surface area contributed by atoms with E-state index in [0.717, 1.165) is 12.0 Å². The van der Waals surface area contributed by atoms with Gasteiger partial charge in [0.1, 0.15) is 0 Å². The summed E-state index contributed by atoms with van der Waals surface area (Å²) in [6.45, 7) is 4.19. The molecule has 7 heteroatoms. The van der Waals surface area contributed by atoms with Gasteiger partial charge in [-0.1, -0.05) is 37.6 Å². The molecule has 0 saturated heterocycles. The third-order valence-electron chi connectivity index (χ3n) is 3.37. The summed E-state index contributed by atoms with van der Waals surface area (Å²) in [6, 6.07) is 10.8. The zero-order valence-electron chi connectivity index (χ0n) is 13.4. The fourth-order valence-electron chi connectivity index (χ4n) is 2.24. The van der Waals surface area contributed by atoms with Crippen LogP contribution in [0.3, 0.4) is 0 Å². The van der Waals surface area contributed by atoms with E-state index in [4.69, 9.17) is 17.3 Å². The van der Waals surface area contributed by atoms with Crippen LogP contribution >= 0.6 is 11.6 Å². The number of anilines is 1. The molecule has 0 fully saturated rings. The highest BCUT2D eigenvalue weighted by Crippen LogP contribution is 2.26. The van der Waals surface area contributed by atoms with Crippen molar-refractivity contribution in [3.63, 3.8) is 0 Å². The molecule has 0 aliphatic heterocycles. The monoisotopic (exact) mass is 366 g/mol. The number of carbonyl (C=O) groups is 1. The second kappa shape index (κ2) is 7.23. The summed E-state index contributed by atoms with van der Waals surface area (Å²) in [5, 5.41) is 0.181. The van der Waals surface area contributed by atoms with E-state index in [0.29, 0.717) is 5.92 Å². The van der Waals surface area contributed by atoms with E-state index in [1.165, 1.54) is 18.2 Å². The Morgan fingerprint density at radius 3 is 2.33 bits per heavy atom. The molecule has 0 unspecified atom stereocenters. The predicted molar refractivity (Wildman–Crippen MR) is 95.8 cm³/mol. The van der Waals surface area contributed by atoms with Gasteiger partial charge in [-0.25, -0.2) is 8.42 Å². The molecule has 24 heavy (non-hydrogen) atoms. The maximum absolute atomic E-state index is 12.5. The largest absolute Gasteiger partial charge is 0.366 e. The lowest BCUT2D eigenvalue weighted by Crippen LogP contribution is -2.15. The molecule has 0 atom stereocenters. The number of primary amides is 1. The Morgan fingerprint density at radius 1 is 1.17 bits per heavy atom. The molecule has 0 aromatic heterocycles. The van der Waals surface area contributed by atoms with Crippen molar-refractivity contribution in [3.05, 3.63) is 58.6 Å². The summed E-state index contributed by atoms with van der Waals surface area (Å²) in [5.41, 5.74) is 6.55. The molecular formula is C17H19ClN2O3S. The van der Waals surface area contributed by atoms with Crippen LogP contribution < -0.4 is 10.5 Å². The second-order valence-electron chi connectivity index (χ2n) is 5.91. The number of hydrogen-bond acceptors (Lipinski definition) is 3. The Hall–Kier alpha value is -2.05. The zero-order valence-corrected chi connectivity index (χ0v) is 15.0. The van der Waals surface area contributed by atoms with Gasteiger partial charge >= 0.3 is 0 Å². The van der Waals surface area contributed by atoms with Crippen molar-refractivity contribution < 1.29 is 13.2 Å². The highest BCUT2D eigenvalue weighted by Gasteiger charge is 2.17. The number of carbonyl (C=O) groups excluding carboxylic acids is 1. The smallest absolute Gasteiger partial charge is 0.261 e. The van der Waals surface area contributed by atoms with Crippen LogP contribution in [0.5, 0.6) is 0 Å². The molecule has 0 bridgehead atoms. The van der Waals surface area contributed by atoms with Crippen LogP contribution in [0.1, 0.15) is 29.8 Å². The van der Waals surface area contributed by atoms with Crippen LogP contribution in [0.2, 0.25) is 5.02 Å². The highest BCUT2D eigenvalue weighted by atomic mass is 35.5. The fraction of sp³-hybridized carbons (Fsp3) is 0.235. The molecule has 1 amide bonds. The van der Waals surface area contributed by atoms with Gasteiger partial charge in [-0.05, 0) is 48.2 Å². The van der Waals surface area contributed by atoms with Crippen LogP contribution in [0.15, 0.2) is 47.4 Å². The van der Waals surface area contributed by atoms with E-state index in [-0.39, 0.29) is 21.2 Å². The minimum absolute atomic E-state index is 0.110. The third kappa shape index (κ3) is 4.49. The third-order valence-corrected chi connectivity index (χ3v) is 5.08. The van der Waals surface area contributed by atoms with Gasteiger partial charge in [0.05, 0.1) is 15.6 Å². The zero-order chi connectivity index (χ0) is 17.9. The van der Waals surface area contributed by atoms with Crippen molar-refractivity contribution in [3.8, 4) is 0 Å². The molecule has 0 spiro atoms. The number of rotatable bonds is 6. The molecule has 0 saturated carbocycles. The SMILES string of the molecule is CC(C)Cc1ccc(S(=O)(=O)Nc2cc(C(N)=O)ccc2Cl)cc1. The number of halogens is 1. The van der Waals surface area contributed by atoms with E-state index in [1.54, 1.807) is 24.3 Å². The van der Waals surface area contributed by atoms with Gasteiger partial charge in [-0.15, -0.1) is 0 Å². The van der Waals surface area contributed by atoms with E-state index in [9.17, 15) is 13.2 Å². The number of amides is 1. The standard InChI is InChI=1S/C17H19ClN2O3S/c1-11(2)9-12-3-6-14(7-4-12)24(22,23)20-16-10-13(17(19)21)5-8-15(16)18/h3-8,10-11,20H,9H2,1-2H3,(H2,19,21). The number of nitrogens with two attached hydrogens (primary N) is 1. The number of benzene rings is 2. The normalized spacial score (nSPS) is 11.5. The molecule has 0 aliphatic rings. The Kier molecular flexibility index (Phi) is 5.51. The average molecular weight is 367 g/mol. The summed E-state index contributed by atoms with van der Waals surface area (Å²) >= 11 is 6.00. The first-order chi connectivity index (χ1) is 11.2. The number of nitrogens with one attached hydrogen (secondary N) is 1. The Morgan fingerprint density at radius 2 is 1.79 bits per heavy atom. The van der Waals surface area contributed by atoms with Crippen molar-refractivity contribution in [2.24, 2.45) is 11.7 Å². The molecule has 0 radical (unpaired) electrons. The van der Waals surface area contributed by atoms with Crippen molar-refractivity contribution in [1.82, 2.24) is 0 Å². The van der Waals surface area contributed by atoms with Crippen LogP contribution in [-0.2, 0) is 16.4 Å². The molecular weight excluding hydrogens is 348 g/mol. The van der Waals surface area contributed by atoms with Gasteiger partial charge in [-0.2, -0.15) is 0 Å². The molecule has 2 aromatic carbocycles. The van der Waals surface area contributed by atoms with Gasteiger partial charge in [0.25, 0.3) is 10.0 Å². The molecule has 0 heterocycles. The van der Waals surface area contributed by atoms with Gasteiger partial charge in [-0.3, -0.25) is 9.52 Å². The summed E-state index contributed by atoms with van der Waals surface area (Å²) in [5.74, 6) is -0.175. The first-order valence-electron chi connectivity index (χ1n) is 7.40. The molecule has 128 valence electrons. The Labute approximate surface area is 146 Å². The lowest BCUT2D eigenvalue weighted by atomic mass is 10.0. The van der Waals surface area contributed by atoms with E-state index >= 15 is 0 Å². The van der Waals surface area contributed by atoms with Crippen LogP contribution in [0.4, 0.5) is 5.69 Å². The van der Waals surface area contributed by atoms with E-state index in [1.807, 2.05) is 0 Å². The Bertz CT molecular complexity index is 847. The highest BCUT2D eigenvalue weighted by molar-refractivity contribution is 7.92. The topological polar surface area (TPSA) is 89.3 Å². The number of hydrogen-bond donors (Lipinski definition) is 2. The first kappa shape index (κ1) is 18.3. The minimum Gasteiger partial charge on any atom is -0.366 e. The van der Waals surface area contributed by atoms with E-state index in [2.05, 4.69) is 18.6 Å². The number of sulfonamides is 1. The van der Waals surface area contributed by atoms with Crippen molar-refractivity contribution in [2.45, 2.75) is 25.2 Å². The van der Waals surface area contributed by atoms with Gasteiger partial charge in [0.2, 0.25) is 5.91 Å². The average Bonchev–Trinajstić information content (AvgIpc) is 2.49. The minimum atomic E-state index is -3.81. The summed E-state index contributed by atoms with van der Waals surface area (Å²) in [7, 11) is -3.81. The van der Waals surface area contributed by atoms with Crippen molar-refractivity contribution in [1.29, 1.82) is 0 Å². The van der Waals surface area contributed by atoms with Crippen LogP contribution in [0.25, 0.3) is 0 Å². The molecule has 2 aromatic rings. The van der Waals surface area contributed by atoms with Crippen molar-refractivity contribution in [2.75, 3.05) is 4.72 Å². The summed E-state index contributed by atoms with van der Waals surface area (Å²) in [4.78, 5) is 11.3. The second-order valence-corrected chi connectivity index (χ2v) is 8.00. The van der Waals surface area contributed by atoms with Crippen LogP contribution in [-0.4, -0.2) is 14.3 Å². The summed E-state index contributed by atoms with van der Waals surface area (Å²) in [6.07, 6.45) is 0.875. The molecule has 5 nitrogen and oxygen atoms in total. The van der Waals surface area contributed by atoms with Crippen LogP contribution in [0, 0.1) is 5.92 Å². The lowest BCUT2D eigenvalue weighted by Gasteiger charge is -2.11. The predicted octanol–water partition coefficient (Wildman–Crippen LogP) is 3.44. The van der Waals surface area contributed by atoms with Crippen molar-refractivity contribution >= 4 is 33.2 Å². The van der Waals surface area contributed by atoms with Gasteiger partial charge < -0.3 is 5.73 Å². The maximum atomic E-state index is 12.5. The quantitative estimate of drug-likeness (QED) is 0.820. The van der Waals surface area contributed by atoms with Gasteiger partial charge in [0, 0.05) is 5.56 Å². The first-order valence-corrected chi connectivity index (χ1v) is 9.26. The maximum Gasteiger partial charge on any atom is 0.261 e. The Balaban J connectivity index is 2.28. The molecule has 3 N–H and O–H groups in total. The van der Waals surface area contributed by atoms with E-state index < -0.39 is 15.9 Å². The molecule has 2 rings (SSSR count).